The fraction of sp³-hybridized carbons (Fsp3) is 0.429. The van der Waals surface area contributed by atoms with Gasteiger partial charge < -0.3 is 9.47 Å². The standard InChI is InChI=1S/C14H16BrClN2/c1-17-6-4-14-12(9-17)11-8-10(16)2-3-13(11)18(14)7-5-15/h2-3,8H,4-7,9H2,1H3. The van der Waals surface area contributed by atoms with Crippen LogP contribution < -0.4 is 0 Å². The second kappa shape index (κ2) is 4.87. The van der Waals surface area contributed by atoms with Crippen LogP contribution in [0, 0.1) is 0 Å². The van der Waals surface area contributed by atoms with E-state index in [2.05, 4.69) is 44.6 Å². The lowest BCUT2D eigenvalue weighted by molar-refractivity contribution is 0.309. The van der Waals surface area contributed by atoms with E-state index in [1.54, 1.807) is 0 Å². The van der Waals surface area contributed by atoms with Crippen LogP contribution in [0.15, 0.2) is 18.2 Å². The number of aromatic nitrogens is 1. The topological polar surface area (TPSA) is 8.17 Å². The number of hydrogen-bond donors (Lipinski definition) is 0. The van der Waals surface area contributed by atoms with Crippen LogP contribution in [-0.4, -0.2) is 28.4 Å². The zero-order valence-electron chi connectivity index (χ0n) is 10.4. The van der Waals surface area contributed by atoms with E-state index < -0.39 is 0 Å². The Bertz CT molecular complexity index is 591. The Kier molecular flexibility index (Phi) is 3.39. The molecule has 0 bridgehead atoms. The monoisotopic (exact) mass is 326 g/mol. The van der Waals surface area contributed by atoms with E-state index in [1.807, 2.05) is 6.07 Å². The predicted molar refractivity (Wildman–Crippen MR) is 80.8 cm³/mol. The fourth-order valence-corrected chi connectivity index (χ4v) is 3.42. The van der Waals surface area contributed by atoms with Crippen molar-refractivity contribution in [3.05, 3.63) is 34.5 Å². The molecule has 0 unspecified atom stereocenters. The van der Waals surface area contributed by atoms with Crippen LogP contribution in [0.5, 0.6) is 0 Å². The molecule has 0 saturated carbocycles. The average Bonchev–Trinajstić information content (AvgIpc) is 2.64. The van der Waals surface area contributed by atoms with E-state index in [0.717, 1.165) is 36.4 Å². The number of likely N-dealkylation sites (N-methyl/N-ethyl adjacent to an activating group) is 1. The molecule has 96 valence electrons. The maximum atomic E-state index is 6.15. The maximum Gasteiger partial charge on any atom is 0.0487 e. The van der Waals surface area contributed by atoms with Crippen molar-refractivity contribution < 1.29 is 0 Å². The second-order valence-electron chi connectivity index (χ2n) is 4.92. The highest BCUT2D eigenvalue weighted by molar-refractivity contribution is 9.09. The number of alkyl halides is 1. The molecule has 0 amide bonds. The minimum Gasteiger partial charge on any atom is -0.343 e. The molecule has 2 nitrogen and oxygen atoms in total. The van der Waals surface area contributed by atoms with Gasteiger partial charge in [0.25, 0.3) is 0 Å². The third-order valence-corrected chi connectivity index (χ3v) is 4.30. The summed E-state index contributed by atoms with van der Waals surface area (Å²) < 4.78 is 2.45. The lowest BCUT2D eigenvalue weighted by atomic mass is 10.1. The van der Waals surface area contributed by atoms with Crippen molar-refractivity contribution in [3.63, 3.8) is 0 Å². The molecule has 0 spiro atoms. The molecule has 0 radical (unpaired) electrons. The molecule has 4 heteroatoms. The molecular weight excluding hydrogens is 312 g/mol. The highest BCUT2D eigenvalue weighted by Crippen LogP contribution is 2.32. The molecule has 1 aliphatic rings. The Morgan fingerprint density at radius 2 is 2.22 bits per heavy atom. The SMILES string of the molecule is CN1CCc2c(c3cc(Cl)ccc3n2CCBr)C1. The van der Waals surface area contributed by atoms with Gasteiger partial charge in [-0.15, -0.1) is 0 Å². The normalized spacial score (nSPS) is 16.2. The van der Waals surface area contributed by atoms with Crippen LogP contribution in [0.4, 0.5) is 0 Å². The highest BCUT2D eigenvalue weighted by Gasteiger charge is 2.21. The van der Waals surface area contributed by atoms with Gasteiger partial charge in [0, 0.05) is 53.0 Å². The van der Waals surface area contributed by atoms with E-state index in [9.17, 15) is 0 Å². The summed E-state index contributed by atoms with van der Waals surface area (Å²) in [5, 5.41) is 3.14. The third-order valence-electron chi connectivity index (χ3n) is 3.72. The van der Waals surface area contributed by atoms with Crippen molar-refractivity contribution in [2.45, 2.75) is 19.5 Å². The van der Waals surface area contributed by atoms with Gasteiger partial charge in [0.2, 0.25) is 0 Å². The molecule has 1 aromatic carbocycles. The van der Waals surface area contributed by atoms with Crippen molar-refractivity contribution in [2.75, 3.05) is 18.9 Å². The summed E-state index contributed by atoms with van der Waals surface area (Å²) in [6.45, 7) is 3.19. The van der Waals surface area contributed by atoms with E-state index in [4.69, 9.17) is 11.6 Å². The van der Waals surface area contributed by atoms with Gasteiger partial charge in [-0.3, -0.25) is 0 Å². The van der Waals surface area contributed by atoms with Crippen LogP contribution in [0.25, 0.3) is 10.9 Å². The molecule has 18 heavy (non-hydrogen) atoms. The van der Waals surface area contributed by atoms with E-state index in [1.165, 1.54) is 22.2 Å². The molecule has 1 aromatic heterocycles. The molecule has 0 N–H and O–H groups in total. The van der Waals surface area contributed by atoms with Crippen LogP contribution in [-0.2, 0) is 19.5 Å². The summed E-state index contributed by atoms with van der Waals surface area (Å²) in [6, 6.07) is 6.25. The fourth-order valence-electron chi connectivity index (χ4n) is 2.90. The lowest BCUT2D eigenvalue weighted by Crippen LogP contribution is -2.27. The largest absolute Gasteiger partial charge is 0.343 e. The Hall–Kier alpha value is -0.510. The first-order chi connectivity index (χ1) is 8.70. The summed E-state index contributed by atoms with van der Waals surface area (Å²) >= 11 is 9.71. The number of nitrogens with zero attached hydrogens (tertiary/aromatic N) is 2. The lowest BCUT2D eigenvalue weighted by Gasteiger charge is -2.24. The minimum absolute atomic E-state index is 0.828. The van der Waals surface area contributed by atoms with Crippen molar-refractivity contribution in [1.29, 1.82) is 0 Å². The van der Waals surface area contributed by atoms with Crippen LogP contribution in [0.3, 0.4) is 0 Å². The molecule has 0 atom stereocenters. The van der Waals surface area contributed by atoms with Gasteiger partial charge in [-0.2, -0.15) is 0 Å². The summed E-state index contributed by atoms with van der Waals surface area (Å²) in [4.78, 5) is 2.38. The van der Waals surface area contributed by atoms with E-state index in [-0.39, 0.29) is 0 Å². The number of fused-ring (bicyclic) bond motifs is 3. The maximum absolute atomic E-state index is 6.15. The Morgan fingerprint density at radius 1 is 1.39 bits per heavy atom. The minimum atomic E-state index is 0.828. The Balaban J connectivity index is 2.26. The quantitative estimate of drug-likeness (QED) is 0.764. The predicted octanol–water partition coefficient (Wildman–Crippen LogP) is 3.68. The van der Waals surface area contributed by atoms with Crippen molar-refractivity contribution >= 4 is 38.4 Å². The second-order valence-corrected chi connectivity index (χ2v) is 6.14. The van der Waals surface area contributed by atoms with Gasteiger partial charge in [-0.1, -0.05) is 27.5 Å². The van der Waals surface area contributed by atoms with Crippen molar-refractivity contribution in [3.8, 4) is 0 Å². The molecule has 2 heterocycles. The molecule has 0 saturated heterocycles. The van der Waals surface area contributed by atoms with Crippen molar-refractivity contribution in [1.82, 2.24) is 9.47 Å². The summed E-state index contributed by atoms with van der Waals surface area (Å²) in [6.07, 6.45) is 1.13. The molecule has 3 rings (SSSR count). The van der Waals surface area contributed by atoms with E-state index >= 15 is 0 Å². The Labute approximate surface area is 121 Å². The number of hydrogen-bond acceptors (Lipinski definition) is 1. The molecule has 0 fully saturated rings. The van der Waals surface area contributed by atoms with Gasteiger partial charge in [-0.05, 0) is 30.8 Å². The zero-order chi connectivity index (χ0) is 12.7. The average molecular weight is 328 g/mol. The first-order valence-electron chi connectivity index (χ1n) is 6.24. The highest BCUT2D eigenvalue weighted by atomic mass is 79.9. The number of benzene rings is 1. The van der Waals surface area contributed by atoms with Gasteiger partial charge in [0.05, 0.1) is 0 Å². The summed E-state index contributed by atoms with van der Waals surface area (Å²) in [7, 11) is 2.18. The van der Waals surface area contributed by atoms with Crippen LogP contribution in [0.1, 0.15) is 11.3 Å². The van der Waals surface area contributed by atoms with Crippen LogP contribution in [0.2, 0.25) is 5.02 Å². The van der Waals surface area contributed by atoms with Crippen molar-refractivity contribution in [2.24, 2.45) is 0 Å². The molecule has 0 aliphatic carbocycles. The molecule has 2 aromatic rings. The van der Waals surface area contributed by atoms with Gasteiger partial charge in [-0.25, -0.2) is 0 Å². The molecular formula is C14H16BrClN2. The molecule has 1 aliphatic heterocycles. The summed E-state index contributed by atoms with van der Waals surface area (Å²) in [5.41, 5.74) is 4.27. The van der Waals surface area contributed by atoms with Gasteiger partial charge >= 0.3 is 0 Å². The smallest absolute Gasteiger partial charge is 0.0487 e. The van der Waals surface area contributed by atoms with E-state index in [0.29, 0.717) is 0 Å². The first kappa shape index (κ1) is 12.5. The zero-order valence-corrected chi connectivity index (χ0v) is 12.8. The first-order valence-corrected chi connectivity index (χ1v) is 7.74. The number of aryl methyl sites for hydroxylation is 1. The number of halogens is 2. The third kappa shape index (κ3) is 1.98. The van der Waals surface area contributed by atoms with Gasteiger partial charge in [0.15, 0.2) is 0 Å². The summed E-state index contributed by atoms with van der Waals surface area (Å²) in [5.74, 6) is 0. The Morgan fingerprint density at radius 3 is 3.00 bits per heavy atom. The van der Waals surface area contributed by atoms with Crippen LogP contribution >= 0.6 is 27.5 Å². The number of rotatable bonds is 2. The van der Waals surface area contributed by atoms with Gasteiger partial charge in [0.1, 0.15) is 0 Å².